The van der Waals surface area contributed by atoms with Gasteiger partial charge < -0.3 is 15.6 Å². The molecule has 1 aliphatic heterocycles. The second kappa shape index (κ2) is 3.25. The Morgan fingerprint density at radius 2 is 2.58 bits per heavy atom. The first-order valence-corrected chi connectivity index (χ1v) is 4.36. The maximum absolute atomic E-state index is 5.50. The number of nitrogens with one attached hydrogen (secondary N) is 1. The average molecular weight is 166 g/mol. The Morgan fingerprint density at radius 3 is 3.42 bits per heavy atom. The Morgan fingerprint density at radius 1 is 1.67 bits per heavy atom. The fraction of sp³-hybridized carbons (Fsp3) is 0.625. The van der Waals surface area contributed by atoms with Crippen LogP contribution in [-0.4, -0.2) is 22.6 Å². The lowest BCUT2D eigenvalue weighted by Gasteiger charge is -2.17. The maximum atomic E-state index is 5.50. The molecule has 0 radical (unpaired) electrons. The van der Waals surface area contributed by atoms with Gasteiger partial charge in [0.1, 0.15) is 5.82 Å². The number of imidazole rings is 1. The first kappa shape index (κ1) is 7.76. The van der Waals surface area contributed by atoms with Crippen molar-refractivity contribution in [2.24, 2.45) is 5.73 Å². The van der Waals surface area contributed by atoms with E-state index in [2.05, 4.69) is 14.9 Å². The van der Waals surface area contributed by atoms with Gasteiger partial charge >= 0.3 is 0 Å². The summed E-state index contributed by atoms with van der Waals surface area (Å²) in [5, 5.41) is 3.28. The Balaban J connectivity index is 2.25. The van der Waals surface area contributed by atoms with Gasteiger partial charge in [-0.15, -0.1) is 0 Å². The minimum atomic E-state index is 0.707. The van der Waals surface area contributed by atoms with Gasteiger partial charge in [0.15, 0.2) is 0 Å². The molecule has 0 aromatic carbocycles. The van der Waals surface area contributed by atoms with Gasteiger partial charge in [-0.05, 0) is 6.54 Å². The number of rotatable bonds is 2. The highest BCUT2D eigenvalue weighted by atomic mass is 15.2. The normalized spacial score (nSPS) is 16.1. The molecule has 0 atom stereocenters. The van der Waals surface area contributed by atoms with Crippen LogP contribution in [0.2, 0.25) is 0 Å². The first-order valence-electron chi connectivity index (χ1n) is 4.36. The zero-order chi connectivity index (χ0) is 8.39. The monoisotopic (exact) mass is 166 g/mol. The number of nitrogens with zero attached hydrogens (tertiary/aromatic N) is 2. The molecule has 12 heavy (non-hydrogen) atoms. The van der Waals surface area contributed by atoms with Crippen molar-refractivity contribution in [2.45, 2.75) is 19.5 Å². The van der Waals surface area contributed by atoms with Crippen molar-refractivity contribution in [1.82, 2.24) is 14.9 Å². The molecule has 2 rings (SSSR count). The minimum Gasteiger partial charge on any atom is -0.330 e. The van der Waals surface area contributed by atoms with Crippen molar-refractivity contribution in [1.29, 1.82) is 0 Å². The molecular formula is C8H14N4. The van der Waals surface area contributed by atoms with E-state index in [1.54, 1.807) is 0 Å². The molecule has 0 saturated heterocycles. The zero-order valence-electron chi connectivity index (χ0n) is 7.08. The molecule has 0 saturated carbocycles. The van der Waals surface area contributed by atoms with E-state index in [0.717, 1.165) is 31.9 Å². The van der Waals surface area contributed by atoms with E-state index >= 15 is 0 Å². The molecule has 0 spiro atoms. The van der Waals surface area contributed by atoms with Crippen molar-refractivity contribution in [3.63, 3.8) is 0 Å². The number of nitrogens with two attached hydrogens (primary N) is 1. The standard InChI is InChI=1S/C8H14N4/c9-2-1-7-5-11-8-6-10-3-4-12(7)8/h5,10H,1-4,6,9H2. The van der Waals surface area contributed by atoms with Gasteiger partial charge in [0.05, 0.1) is 6.54 Å². The van der Waals surface area contributed by atoms with Crippen LogP contribution in [0.15, 0.2) is 6.20 Å². The Bertz CT molecular complexity index is 266. The van der Waals surface area contributed by atoms with E-state index < -0.39 is 0 Å². The van der Waals surface area contributed by atoms with Gasteiger partial charge in [0.25, 0.3) is 0 Å². The van der Waals surface area contributed by atoms with Gasteiger partial charge in [0.2, 0.25) is 0 Å². The van der Waals surface area contributed by atoms with Crippen molar-refractivity contribution >= 4 is 0 Å². The topological polar surface area (TPSA) is 55.9 Å². The van der Waals surface area contributed by atoms with Crippen LogP contribution in [0.5, 0.6) is 0 Å². The average Bonchev–Trinajstić information content (AvgIpc) is 2.50. The minimum absolute atomic E-state index is 0.707. The van der Waals surface area contributed by atoms with Crippen molar-refractivity contribution in [3.8, 4) is 0 Å². The quantitative estimate of drug-likeness (QED) is 0.622. The fourth-order valence-corrected chi connectivity index (χ4v) is 1.61. The van der Waals surface area contributed by atoms with Crippen molar-refractivity contribution in [2.75, 3.05) is 13.1 Å². The molecule has 0 aliphatic carbocycles. The van der Waals surface area contributed by atoms with Crippen LogP contribution in [0.1, 0.15) is 11.5 Å². The predicted molar refractivity (Wildman–Crippen MR) is 46.7 cm³/mol. The van der Waals surface area contributed by atoms with Crippen LogP contribution in [0.3, 0.4) is 0 Å². The summed E-state index contributed by atoms with van der Waals surface area (Å²) in [6.07, 6.45) is 2.88. The summed E-state index contributed by atoms with van der Waals surface area (Å²) in [6.45, 7) is 3.68. The van der Waals surface area contributed by atoms with Gasteiger partial charge in [-0.2, -0.15) is 0 Å². The molecule has 0 bridgehead atoms. The van der Waals surface area contributed by atoms with Gasteiger partial charge in [0, 0.05) is 31.4 Å². The van der Waals surface area contributed by atoms with Gasteiger partial charge in [-0.25, -0.2) is 4.98 Å². The summed E-state index contributed by atoms with van der Waals surface area (Å²) >= 11 is 0. The molecule has 1 aromatic rings. The van der Waals surface area contributed by atoms with E-state index in [1.807, 2.05) is 6.20 Å². The fourth-order valence-electron chi connectivity index (χ4n) is 1.61. The highest BCUT2D eigenvalue weighted by molar-refractivity contribution is 5.07. The Labute approximate surface area is 71.8 Å². The summed E-state index contributed by atoms with van der Waals surface area (Å²) in [7, 11) is 0. The third-order valence-electron chi connectivity index (χ3n) is 2.22. The zero-order valence-corrected chi connectivity index (χ0v) is 7.08. The van der Waals surface area contributed by atoms with Crippen molar-refractivity contribution < 1.29 is 0 Å². The number of hydrogen-bond donors (Lipinski definition) is 2. The molecule has 1 aliphatic rings. The largest absolute Gasteiger partial charge is 0.330 e. The SMILES string of the molecule is NCCc1cnc2n1CCNC2. The molecule has 0 unspecified atom stereocenters. The van der Waals surface area contributed by atoms with E-state index in [0.29, 0.717) is 6.54 Å². The Kier molecular flexibility index (Phi) is 2.10. The van der Waals surface area contributed by atoms with Crippen LogP contribution in [-0.2, 0) is 19.5 Å². The summed E-state index contributed by atoms with van der Waals surface area (Å²) in [5.74, 6) is 1.14. The molecule has 66 valence electrons. The van der Waals surface area contributed by atoms with Gasteiger partial charge in [-0.1, -0.05) is 0 Å². The lowest BCUT2D eigenvalue weighted by atomic mass is 10.3. The molecular weight excluding hydrogens is 152 g/mol. The highest BCUT2D eigenvalue weighted by Gasteiger charge is 2.11. The number of aromatic nitrogens is 2. The van der Waals surface area contributed by atoms with Crippen LogP contribution in [0.4, 0.5) is 0 Å². The van der Waals surface area contributed by atoms with Gasteiger partial charge in [-0.3, -0.25) is 0 Å². The third kappa shape index (κ3) is 1.23. The van der Waals surface area contributed by atoms with Crippen LogP contribution in [0, 0.1) is 0 Å². The number of hydrogen-bond acceptors (Lipinski definition) is 3. The second-order valence-corrected chi connectivity index (χ2v) is 3.03. The van der Waals surface area contributed by atoms with Crippen LogP contribution < -0.4 is 11.1 Å². The molecule has 3 N–H and O–H groups in total. The number of fused-ring (bicyclic) bond motifs is 1. The maximum Gasteiger partial charge on any atom is 0.122 e. The van der Waals surface area contributed by atoms with E-state index in [-0.39, 0.29) is 0 Å². The predicted octanol–water partition coefficient (Wildman–Crippen LogP) is -0.513. The van der Waals surface area contributed by atoms with Crippen molar-refractivity contribution in [3.05, 3.63) is 17.7 Å². The molecule has 2 heterocycles. The Hall–Kier alpha value is -0.870. The summed E-state index contributed by atoms with van der Waals surface area (Å²) < 4.78 is 2.27. The molecule has 4 heteroatoms. The molecule has 0 amide bonds. The summed E-state index contributed by atoms with van der Waals surface area (Å²) in [6, 6.07) is 0. The smallest absolute Gasteiger partial charge is 0.122 e. The van der Waals surface area contributed by atoms with E-state index in [1.165, 1.54) is 5.69 Å². The van der Waals surface area contributed by atoms with E-state index in [9.17, 15) is 0 Å². The highest BCUT2D eigenvalue weighted by Crippen LogP contribution is 2.08. The molecule has 0 fully saturated rings. The molecule has 1 aromatic heterocycles. The third-order valence-corrected chi connectivity index (χ3v) is 2.22. The lowest BCUT2D eigenvalue weighted by molar-refractivity contribution is 0.493. The van der Waals surface area contributed by atoms with Crippen LogP contribution in [0.25, 0.3) is 0 Å². The first-order chi connectivity index (χ1) is 5.92. The molecule has 4 nitrogen and oxygen atoms in total. The van der Waals surface area contributed by atoms with E-state index in [4.69, 9.17) is 5.73 Å². The summed E-state index contributed by atoms with van der Waals surface area (Å²) in [4.78, 5) is 4.32. The second-order valence-electron chi connectivity index (χ2n) is 3.03. The lowest BCUT2D eigenvalue weighted by Crippen LogP contribution is -2.29. The van der Waals surface area contributed by atoms with Crippen LogP contribution >= 0.6 is 0 Å². The summed E-state index contributed by atoms with van der Waals surface area (Å²) in [5.41, 5.74) is 6.77.